The van der Waals surface area contributed by atoms with E-state index in [9.17, 15) is 0 Å². The molecule has 0 aliphatic rings. The van der Waals surface area contributed by atoms with Crippen molar-refractivity contribution in [1.29, 1.82) is 0 Å². The Morgan fingerprint density at radius 1 is 0.826 bits per heavy atom. The molecule has 0 unspecified atom stereocenters. The largest absolute Gasteiger partial charge is 0.497 e. The highest BCUT2D eigenvalue weighted by atomic mass is 35.5. The average molecular weight is 330 g/mol. The first-order valence-electron chi connectivity index (χ1n) is 7.03. The van der Waals surface area contributed by atoms with Gasteiger partial charge >= 0.3 is 0 Å². The number of methoxy groups -OCH3 is 3. The molecule has 0 saturated carbocycles. The van der Waals surface area contributed by atoms with E-state index in [1.807, 2.05) is 42.5 Å². The third-order valence-electron chi connectivity index (χ3n) is 3.68. The summed E-state index contributed by atoms with van der Waals surface area (Å²) in [5, 5.41) is 1.31. The van der Waals surface area contributed by atoms with Crippen LogP contribution in [0.4, 0.5) is 0 Å². The second-order valence-electron chi connectivity index (χ2n) is 4.95. The van der Waals surface area contributed by atoms with Crippen molar-refractivity contribution in [3.63, 3.8) is 0 Å². The summed E-state index contributed by atoms with van der Waals surface area (Å²) in [5.41, 5.74) is 2.52. The van der Waals surface area contributed by atoms with Gasteiger partial charge in [-0.3, -0.25) is 0 Å². The summed E-state index contributed by atoms with van der Waals surface area (Å²) in [7, 11) is 4.86. The molecule has 5 heteroatoms. The molecule has 1 aromatic heterocycles. The van der Waals surface area contributed by atoms with E-state index in [1.54, 1.807) is 21.3 Å². The summed E-state index contributed by atoms with van der Waals surface area (Å²) in [6.45, 7) is 0. The normalized spacial score (nSPS) is 10.6. The molecule has 0 saturated heterocycles. The van der Waals surface area contributed by atoms with Crippen LogP contribution in [0.3, 0.4) is 0 Å². The summed E-state index contributed by atoms with van der Waals surface area (Å²) in [6.07, 6.45) is 0. The molecule has 0 radical (unpaired) electrons. The summed E-state index contributed by atoms with van der Waals surface area (Å²) < 4.78 is 15.9. The number of hydrogen-bond acceptors (Lipinski definition) is 4. The summed E-state index contributed by atoms with van der Waals surface area (Å²) >= 11 is 6.38. The van der Waals surface area contributed by atoms with Gasteiger partial charge in [-0.05, 0) is 23.8 Å². The Labute approximate surface area is 139 Å². The first-order chi connectivity index (χ1) is 11.2. The average Bonchev–Trinajstić information content (AvgIpc) is 2.60. The zero-order chi connectivity index (χ0) is 16.4. The number of fused-ring (bicyclic) bond motifs is 1. The van der Waals surface area contributed by atoms with Crippen LogP contribution in [0.15, 0.2) is 42.5 Å². The predicted octanol–water partition coefficient (Wildman–Crippen LogP) is 4.58. The molecule has 3 rings (SSSR count). The molecule has 2 aromatic carbocycles. The first kappa shape index (κ1) is 15.4. The monoisotopic (exact) mass is 329 g/mol. The van der Waals surface area contributed by atoms with Crippen molar-refractivity contribution in [3.05, 3.63) is 47.6 Å². The number of rotatable bonds is 4. The molecule has 0 atom stereocenters. The number of nitrogens with zero attached hydrogens (tertiary/aromatic N) is 1. The topological polar surface area (TPSA) is 40.6 Å². The molecule has 0 fully saturated rings. The van der Waals surface area contributed by atoms with Crippen molar-refractivity contribution >= 4 is 22.5 Å². The molecule has 0 amide bonds. The fourth-order valence-electron chi connectivity index (χ4n) is 2.45. The number of ether oxygens (including phenoxy) is 3. The number of benzene rings is 2. The van der Waals surface area contributed by atoms with Crippen molar-refractivity contribution in [2.24, 2.45) is 0 Å². The van der Waals surface area contributed by atoms with E-state index in [2.05, 4.69) is 4.98 Å². The van der Waals surface area contributed by atoms with Crippen LogP contribution in [0, 0.1) is 0 Å². The van der Waals surface area contributed by atoms with Gasteiger partial charge in [0.15, 0.2) is 0 Å². The number of hydrogen-bond donors (Lipinski definition) is 0. The van der Waals surface area contributed by atoms with Crippen LogP contribution in [-0.2, 0) is 0 Å². The maximum atomic E-state index is 6.38. The lowest BCUT2D eigenvalue weighted by Crippen LogP contribution is -1.92. The fraction of sp³-hybridized carbons (Fsp3) is 0.167. The van der Waals surface area contributed by atoms with Gasteiger partial charge < -0.3 is 14.2 Å². The molecule has 23 heavy (non-hydrogen) atoms. The third-order valence-corrected chi connectivity index (χ3v) is 3.97. The van der Waals surface area contributed by atoms with Crippen molar-refractivity contribution in [2.45, 2.75) is 0 Å². The minimum atomic E-state index is 0.429. The van der Waals surface area contributed by atoms with Gasteiger partial charge in [-0.15, -0.1) is 0 Å². The maximum absolute atomic E-state index is 6.38. The minimum Gasteiger partial charge on any atom is -0.497 e. The smallest absolute Gasteiger partial charge is 0.137 e. The first-order valence-corrected chi connectivity index (χ1v) is 7.40. The summed E-state index contributed by atoms with van der Waals surface area (Å²) in [5.74, 6) is 2.16. The van der Waals surface area contributed by atoms with Crippen LogP contribution >= 0.6 is 11.6 Å². The van der Waals surface area contributed by atoms with Gasteiger partial charge in [0.25, 0.3) is 0 Å². The molecule has 1 heterocycles. The lowest BCUT2D eigenvalue weighted by Gasteiger charge is -2.11. The van der Waals surface area contributed by atoms with Crippen LogP contribution in [0.2, 0.25) is 5.15 Å². The number of pyridine rings is 1. The molecule has 118 valence electrons. The maximum Gasteiger partial charge on any atom is 0.137 e. The number of halogens is 1. The zero-order valence-corrected chi connectivity index (χ0v) is 13.8. The Hall–Kier alpha value is -2.46. The van der Waals surface area contributed by atoms with Gasteiger partial charge in [-0.2, -0.15) is 0 Å². The van der Waals surface area contributed by atoms with Crippen molar-refractivity contribution in [1.82, 2.24) is 4.98 Å². The number of aromatic nitrogens is 1. The Bertz CT molecular complexity index is 847. The van der Waals surface area contributed by atoms with Gasteiger partial charge in [0.05, 0.1) is 26.8 Å². The summed E-state index contributed by atoms with van der Waals surface area (Å²) in [4.78, 5) is 4.49. The van der Waals surface area contributed by atoms with Crippen molar-refractivity contribution in [3.8, 4) is 28.4 Å². The molecular formula is C18H16ClNO3. The fourth-order valence-corrected chi connectivity index (χ4v) is 2.71. The molecule has 0 N–H and O–H groups in total. The van der Waals surface area contributed by atoms with Crippen molar-refractivity contribution < 1.29 is 14.2 Å². The zero-order valence-electron chi connectivity index (χ0n) is 13.1. The third kappa shape index (κ3) is 2.90. The highest BCUT2D eigenvalue weighted by Crippen LogP contribution is 2.36. The van der Waals surface area contributed by atoms with Crippen LogP contribution < -0.4 is 14.2 Å². The van der Waals surface area contributed by atoms with Gasteiger partial charge in [-0.25, -0.2) is 4.98 Å². The van der Waals surface area contributed by atoms with E-state index in [-0.39, 0.29) is 0 Å². The van der Waals surface area contributed by atoms with Crippen LogP contribution in [0.1, 0.15) is 0 Å². The highest BCUT2D eigenvalue weighted by molar-refractivity contribution is 6.32. The van der Waals surface area contributed by atoms with Gasteiger partial charge in [0.1, 0.15) is 22.4 Å². The molecule has 0 bridgehead atoms. The van der Waals surface area contributed by atoms with E-state index >= 15 is 0 Å². The Morgan fingerprint density at radius 3 is 2.13 bits per heavy atom. The molecule has 4 nitrogen and oxygen atoms in total. The lowest BCUT2D eigenvalue weighted by molar-refractivity contribution is 0.398. The predicted molar refractivity (Wildman–Crippen MR) is 91.8 cm³/mol. The minimum absolute atomic E-state index is 0.429. The summed E-state index contributed by atoms with van der Waals surface area (Å²) in [6, 6.07) is 13.3. The second kappa shape index (κ2) is 6.34. The Balaban J connectivity index is 2.19. The van der Waals surface area contributed by atoms with E-state index in [4.69, 9.17) is 25.8 Å². The quantitative estimate of drug-likeness (QED) is 0.657. The SMILES string of the molecule is COc1ccc(-c2cc3c(OC)cc(OC)cc3nc2Cl)cc1. The Morgan fingerprint density at radius 2 is 1.52 bits per heavy atom. The molecule has 3 aromatic rings. The Kier molecular flexibility index (Phi) is 4.26. The molecule has 0 aliphatic heterocycles. The van der Waals surface area contributed by atoms with Crippen LogP contribution in [0.25, 0.3) is 22.0 Å². The molecule has 0 aliphatic carbocycles. The van der Waals surface area contributed by atoms with Gasteiger partial charge in [-0.1, -0.05) is 23.7 Å². The van der Waals surface area contributed by atoms with E-state index in [0.717, 1.165) is 27.8 Å². The second-order valence-corrected chi connectivity index (χ2v) is 5.31. The molecule has 0 spiro atoms. The van der Waals surface area contributed by atoms with Crippen LogP contribution in [-0.4, -0.2) is 26.3 Å². The van der Waals surface area contributed by atoms with Crippen LogP contribution in [0.5, 0.6) is 17.2 Å². The van der Waals surface area contributed by atoms with Gasteiger partial charge in [0, 0.05) is 23.1 Å². The van der Waals surface area contributed by atoms with Crippen molar-refractivity contribution in [2.75, 3.05) is 21.3 Å². The van der Waals surface area contributed by atoms with E-state index in [1.165, 1.54) is 0 Å². The highest BCUT2D eigenvalue weighted by Gasteiger charge is 2.12. The van der Waals surface area contributed by atoms with Gasteiger partial charge in [0.2, 0.25) is 0 Å². The van der Waals surface area contributed by atoms with E-state index in [0.29, 0.717) is 16.7 Å². The lowest BCUT2D eigenvalue weighted by atomic mass is 10.0. The van der Waals surface area contributed by atoms with E-state index < -0.39 is 0 Å². The molecular weight excluding hydrogens is 314 g/mol. The standard InChI is InChI=1S/C18H16ClNO3/c1-21-12-6-4-11(5-7-12)14-10-15-16(20-18(14)19)8-13(22-2)9-17(15)23-3/h4-10H,1-3H3.